The van der Waals surface area contributed by atoms with Crippen molar-refractivity contribution in [3.05, 3.63) is 72.4 Å². The molecule has 0 atom stereocenters. The molecule has 2 aromatic heterocycles. The molecule has 0 fully saturated rings. The van der Waals surface area contributed by atoms with Gasteiger partial charge in [-0.2, -0.15) is 4.57 Å². The fraction of sp³-hybridized carbons (Fsp3) is 0.100. The average molecular weight is 317 g/mol. The zero-order chi connectivity index (χ0) is 15.8. The van der Waals surface area contributed by atoms with E-state index in [0.717, 1.165) is 10.5 Å². The van der Waals surface area contributed by atoms with Crippen LogP contribution < -0.4 is 4.57 Å². The topological polar surface area (TPSA) is 16.8 Å². The predicted octanol–water partition coefficient (Wildman–Crippen LogP) is 4.76. The Hall–Kier alpha value is -2.52. The van der Waals surface area contributed by atoms with Crippen LogP contribution in [0.25, 0.3) is 32.0 Å². The molecule has 2 nitrogen and oxygen atoms in total. The largest absolute Gasteiger partial charge is 0.230 e. The number of hydrogen-bond acceptors (Lipinski definition) is 2. The van der Waals surface area contributed by atoms with Crippen LogP contribution in [0.2, 0.25) is 0 Å². The molecular formula is C20H17N2S+. The number of benzene rings is 2. The van der Waals surface area contributed by atoms with Crippen molar-refractivity contribution in [1.82, 2.24) is 4.98 Å². The van der Waals surface area contributed by atoms with Crippen molar-refractivity contribution >= 4 is 21.6 Å². The first kappa shape index (κ1) is 14.1. The van der Waals surface area contributed by atoms with Gasteiger partial charge >= 0.3 is 0 Å². The monoisotopic (exact) mass is 317 g/mol. The first-order chi connectivity index (χ1) is 11.2. The van der Waals surface area contributed by atoms with Crippen LogP contribution in [0.5, 0.6) is 0 Å². The molecule has 0 aliphatic heterocycles. The summed E-state index contributed by atoms with van der Waals surface area (Å²) >= 11 is 1.75. The quantitative estimate of drug-likeness (QED) is 0.487. The Bertz CT molecular complexity index is 987. The van der Waals surface area contributed by atoms with Gasteiger partial charge in [-0.3, -0.25) is 0 Å². The van der Waals surface area contributed by atoms with Crippen LogP contribution >= 0.6 is 11.3 Å². The minimum absolute atomic E-state index is 1.05. The second-order valence-corrected chi connectivity index (χ2v) is 6.75. The summed E-state index contributed by atoms with van der Waals surface area (Å²) in [6.07, 6.45) is 2.13. The molecule has 0 bridgehead atoms. The van der Waals surface area contributed by atoms with Crippen LogP contribution in [-0.2, 0) is 7.05 Å². The maximum atomic E-state index is 4.80. The fourth-order valence-corrected chi connectivity index (χ4v) is 3.83. The Balaban J connectivity index is 1.89. The number of thiazole rings is 1. The Morgan fingerprint density at radius 3 is 2.48 bits per heavy atom. The molecule has 0 unspecified atom stereocenters. The van der Waals surface area contributed by atoms with Crippen molar-refractivity contribution in [3.63, 3.8) is 0 Å². The molecule has 0 aliphatic rings. The van der Waals surface area contributed by atoms with E-state index in [1.165, 1.54) is 27.1 Å². The third-order valence-corrected chi connectivity index (χ3v) is 5.15. The van der Waals surface area contributed by atoms with Gasteiger partial charge in [-0.15, -0.1) is 11.3 Å². The molecule has 0 saturated carbocycles. The molecule has 0 aliphatic carbocycles. The van der Waals surface area contributed by atoms with Gasteiger partial charge in [0.15, 0.2) is 6.20 Å². The number of rotatable bonds is 2. The van der Waals surface area contributed by atoms with E-state index in [0.29, 0.717) is 0 Å². The van der Waals surface area contributed by atoms with E-state index in [2.05, 4.69) is 79.3 Å². The van der Waals surface area contributed by atoms with Gasteiger partial charge in [0.1, 0.15) is 17.6 Å². The summed E-state index contributed by atoms with van der Waals surface area (Å²) in [6, 6.07) is 21.1. The molecule has 3 heteroatoms. The zero-order valence-electron chi connectivity index (χ0n) is 13.2. The van der Waals surface area contributed by atoms with Gasteiger partial charge in [-0.05, 0) is 18.6 Å². The molecule has 112 valence electrons. The third-order valence-electron chi connectivity index (χ3n) is 4.09. The summed E-state index contributed by atoms with van der Waals surface area (Å²) in [5.41, 5.74) is 6.00. The number of hydrogen-bond donors (Lipinski definition) is 0. The number of nitrogens with zero attached hydrogens (tertiary/aromatic N) is 2. The smallest absolute Gasteiger partial charge is 0.214 e. The summed E-state index contributed by atoms with van der Waals surface area (Å²) in [6.45, 7) is 2.15. The first-order valence-corrected chi connectivity index (χ1v) is 8.46. The lowest BCUT2D eigenvalue weighted by Gasteiger charge is -2.03. The van der Waals surface area contributed by atoms with Gasteiger partial charge < -0.3 is 0 Å². The standard InChI is InChI=1S/C20H17N2S/c1-14-8-6-7-11-16(14)18-12-19-17(13-22(18)2)21-20(23-19)15-9-4-3-5-10-15/h3-13H,1-2H3/q+1. The number of aromatic nitrogens is 2. The van der Waals surface area contributed by atoms with E-state index in [9.17, 15) is 0 Å². The first-order valence-electron chi connectivity index (χ1n) is 7.64. The van der Waals surface area contributed by atoms with Crippen LogP contribution in [0.1, 0.15) is 5.56 Å². The third kappa shape index (κ3) is 2.53. The number of aryl methyl sites for hydroxylation is 2. The van der Waals surface area contributed by atoms with Gasteiger partial charge in [0.2, 0.25) is 5.69 Å². The van der Waals surface area contributed by atoms with Crippen LogP contribution in [0.4, 0.5) is 0 Å². The fourth-order valence-electron chi connectivity index (χ4n) is 2.85. The van der Waals surface area contributed by atoms with Crippen molar-refractivity contribution in [2.75, 3.05) is 0 Å². The Kier molecular flexibility index (Phi) is 3.43. The van der Waals surface area contributed by atoms with E-state index in [4.69, 9.17) is 4.98 Å². The van der Waals surface area contributed by atoms with Crippen LogP contribution in [0.3, 0.4) is 0 Å². The van der Waals surface area contributed by atoms with Crippen molar-refractivity contribution in [2.24, 2.45) is 7.05 Å². The maximum Gasteiger partial charge on any atom is 0.214 e. The van der Waals surface area contributed by atoms with Crippen LogP contribution in [-0.4, -0.2) is 4.98 Å². The van der Waals surface area contributed by atoms with Crippen LogP contribution in [0.15, 0.2) is 66.9 Å². The van der Waals surface area contributed by atoms with Gasteiger partial charge in [0.05, 0.1) is 4.70 Å². The minimum atomic E-state index is 1.05. The van der Waals surface area contributed by atoms with E-state index in [-0.39, 0.29) is 0 Å². The highest BCUT2D eigenvalue weighted by Crippen LogP contribution is 2.31. The van der Waals surface area contributed by atoms with E-state index in [1.54, 1.807) is 11.3 Å². The van der Waals surface area contributed by atoms with Crippen molar-refractivity contribution in [1.29, 1.82) is 0 Å². The molecule has 2 aromatic carbocycles. The summed E-state index contributed by atoms with van der Waals surface area (Å²) < 4.78 is 3.39. The van der Waals surface area contributed by atoms with Crippen LogP contribution in [0, 0.1) is 6.92 Å². The van der Waals surface area contributed by atoms with Gasteiger partial charge in [0, 0.05) is 17.2 Å². The van der Waals surface area contributed by atoms with Gasteiger partial charge in [-0.1, -0.05) is 48.5 Å². The Labute approximate surface area is 139 Å². The summed E-state index contributed by atoms with van der Waals surface area (Å²) in [4.78, 5) is 4.80. The highest BCUT2D eigenvalue weighted by atomic mass is 32.1. The Morgan fingerprint density at radius 2 is 1.70 bits per heavy atom. The lowest BCUT2D eigenvalue weighted by molar-refractivity contribution is -0.659. The highest BCUT2D eigenvalue weighted by molar-refractivity contribution is 7.21. The second kappa shape index (κ2) is 5.60. The molecule has 0 amide bonds. The SMILES string of the molecule is Cc1ccccc1-c1cc2sc(-c3ccccc3)nc2c[n+]1C. The van der Waals surface area contributed by atoms with Crippen molar-refractivity contribution in [2.45, 2.75) is 6.92 Å². The molecule has 0 spiro atoms. The van der Waals surface area contributed by atoms with E-state index < -0.39 is 0 Å². The number of fused-ring (bicyclic) bond motifs is 1. The molecule has 0 radical (unpaired) electrons. The molecule has 0 N–H and O–H groups in total. The summed E-state index contributed by atoms with van der Waals surface area (Å²) in [7, 11) is 2.09. The lowest BCUT2D eigenvalue weighted by atomic mass is 10.1. The van der Waals surface area contributed by atoms with Gasteiger partial charge in [-0.25, -0.2) is 4.98 Å². The minimum Gasteiger partial charge on any atom is -0.230 e. The summed E-state index contributed by atoms with van der Waals surface area (Å²) in [5.74, 6) is 0. The molecule has 4 aromatic rings. The Morgan fingerprint density at radius 1 is 0.957 bits per heavy atom. The molecule has 2 heterocycles. The van der Waals surface area contributed by atoms with Crippen molar-refractivity contribution < 1.29 is 4.57 Å². The molecule has 23 heavy (non-hydrogen) atoms. The molecule has 0 saturated heterocycles. The van der Waals surface area contributed by atoms with Crippen molar-refractivity contribution in [3.8, 4) is 21.8 Å². The van der Waals surface area contributed by atoms with E-state index >= 15 is 0 Å². The summed E-state index contributed by atoms with van der Waals surface area (Å²) in [5, 5.41) is 1.07. The average Bonchev–Trinajstić information content (AvgIpc) is 2.98. The highest BCUT2D eigenvalue weighted by Gasteiger charge is 2.16. The van der Waals surface area contributed by atoms with Gasteiger partial charge in [0.25, 0.3) is 0 Å². The second-order valence-electron chi connectivity index (χ2n) is 5.72. The maximum absolute atomic E-state index is 4.80. The molecule has 4 rings (SSSR count). The number of pyridine rings is 1. The lowest BCUT2D eigenvalue weighted by Crippen LogP contribution is -2.30. The predicted molar refractivity (Wildman–Crippen MR) is 96.4 cm³/mol. The molecular weight excluding hydrogens is 300 g/mol. The normalized spacial score (nSPS) is 11.0. The van der Waals surface area contributed by atoms with E-state index in [1.807, 2.05) is 6.07 Å². The zero-order valence-corrected chi connectivity index (χ0v) is 14.0.